The molecule has 0 radical (unpaired) electrons. The first kappa shape index (κ1) is 14.8. The quantitative estimate of drug-likeness (QED) is 0.642. The number of phenolic OH excluding ortho intramolecular Hbond substituents is 1. The molecule has 0 saturated heterocycles. The predicted octanol–water partition coefficient (Wildman–Crippen LogP) is 1.45. The number of methoxy groups -OCH3 is 1. The van der Waals surface area contributed by atoms with E-state index in [1.807, 2.05) is 0 Å². The maximum atomic E-state index is 9.08. The van der Waals surface area contributed by atoms with Gasteiger partial charge in [0.25, 0.3) is 0 Å². The van der Waals surface area contributed by atoms with Crippen LogP contribution in [-0.2, 0) is 14.2 Å². The van der Waals surface area contributed by atoms with Gasteiger partial charge in [-0.2, -0.15) is 0 Å². The molecule has 5 nitrogen and oxygen atoms in total. The highest BCUT2D eigenvalue weighted by molar-refractivity contribution is 5.29. The molecule has 1 aromatic rings. The molecule has 18 heavy (non-hydrogen) atoms. The van der Waals surface area contributed by atoms with Gasteiger partial charge in [0.15, 0.2) is 0 Å². The van der Waals surface area contributed by atoms with Crippen molar-refractivity contribution in [3.63, 3.8) is 0 Å². The Morgan fingerprint density at radius 3 is 2.00 bits per heavy atom. The molecule has 0 atom stereocenters. The minimum absolute atomic E-state index is 0.229. The van der Waals surface area contributed by atoms with Gasteiger partial charge >= 0.3 is 0 Å². The lowest BCUT2D eigenvalue weighted by Crippen LogP contribution is -2.12. The average molecular weight is 256 g/mol. The Hall–Kier alpha value is -1.30. The highest BCUT2D eigenvalue weighted by Gasteiger charge is 1.94. The molecule has 102 valence electrons. The second-order valence-corrected chi connectivity index (χ2v) is 3.56. The minimum Gasteiger partial charge on any atom is -0.508 e. The van der Waals surface area contributed by atoms with E-state index in [9.17, 15) is 0 Å². The van der Waals surface area contributed by atoms with Crippen molar-refractivity contribution < 1.29 is 24.1 Å². The lowest BCUT2D eigenvalue weighted by Gasteiger charge is -2.07. The summed E-state index contributed by atoms with van der Waals surface area (Å²) in [6.07, 6.45) is 0. The van der Waals surface area contributed by atoms with Gasteiger partial charge in [-0.15, -0.1) is 0 Å². The maximum Gasteiger partial charge on any atom is 0.119 e. The van der Waals surface area contributed by atoms with Crippen molar-refractivity contribution >= 4 is 0 Å². The molecule has 1 rings (SSSR count). The van der Waals surface area contributed by atoms with Crippen LogP contribution in [0.2, 0.25) is 0 Å². The minimum atomic E-state index is 0.229. The van der Waals surface area contributed by atoms with E-state index in [4.69, 9.17) is 24.1 Å². The van der Waals surface area contributed by atoms with Crippen molar-refractivity contribution in [2.45, 2.75) is 0 Å². The molecule has 1 aromatic carbocycles. The van der Waals surface area contributed by atoms with Crippen LogP contribution in [0.1, 0.15) is 0 Å². The Morgan fingerprint density at radius 2 is 1.39 bits per heavy atom. The van der Waals surface area contributed by atoms with E-state index in [1.165, 1.54) is 0 Å². The molecule has 0 amide bonds. The smallest absolute Gasteiger partial charge is 0.119 e. The lowest BCUT2D eigenvalue weighted by atomic mass is 10.3. The number of benzene rings is 1. The number of rotatable bonds is 10. The van der Waals surface area contributed by atoms with Crippen molar-refractivity contribution in [3.8, 4) is 11.5 Å². The van der Waals surface area contributed by atoms with Crippen molar-refractivity contribution in [1.82, 2.24) is 0 Å². The predicted molar refractivity (Wildman–Crippen MR) is 67.1 cm³/mol. The van der Waals surface area contributed by atoms with Crippen LogP contribution < -0.4 is 4.74 Å². The molecule has 0 aromatic heterocycles. The van der Waals surface area contributed by atoms with E-state index >= 15 is 0 Å². The number of phenols is 1. The summed E-state index contributed by atoms with van der Waals surface area (Å²) in [7, 11) is 1.64. The summed E-state index contributed by atoms with van der Waals surface area (Å²) < 4.78 is 20.8. The molecule has 5 heteroatoms. The molecule has 0 spiro atoms. The van der Waals surface area contributed by atoms with Crippen LogP contribution in [0.25, 0.3) is 0 Å². The zero-order valence-corrected chi connectivity index (χ0v) is 10.6. The fourth-order valence-corrected chi connectivity index (χ4v) is 1.23. The highest BCUT2D eigenvalue weighted by atomic mass is 16.6. The van der Waals surface area contributed by atoms with Crippen LogP contribution in [0.3, 0.4) is 0 Å². The first-order valence-corrected chi connectivity index (χ1v) is 5.89. The molecule has 0 fully saturated rings. The van der Waals surface area contributed by atoms with E-state index < -0.39 is 0 Å². The molecule has 0 unspecified atom stereocenters. The summed E-state index contributed by atoms with van der Waals surface area (Å²) in [6, 6.07) is 6.59. The van der Waals surface area contributed by atoms with Gasteiger partial charge in [-0.05, 0) is 24.3 Å². The van der Waals surface area contributed by atoms with Gasteiger partial charge in [-0.1, -0.05) is 0 Å². The number of ether oxygens (including phenoxy) is 4. The zero-order valence-electron chi connectivity index (χ0n) is 10.6. The first-order chi connectivity index (χ1) is 8.83. The third kappa shape index (κ3) is 7.11. The van der Waals surface area contributed by atoms with Gasteiger partial charge in [0, 0.05) is 7.11 Å². The van der Waals surface area contributed by atoms with Crippen LogP contribution in [0.15, 0.2) is 24.3 Å². The summed E-state index contributed by atoms with van der Waals surface area (Å²) in [6.45, 7) is 3.27. The Labute approximate surface area is 107 Å². The molecule has 0 saturated carbocycles. The fourth-order valence-electron chi connectivity index (χ4n) is 1.23. The van der Waals surface area contributed by atoms with E-state index in [-0.39, 0.29) is 5.75 Å². The highest BCUT2D eigenvalue weighted by Crippen LogP contribution is 2.15. The van der Waals surface area contributed by atoms with E-state index in [1.54, 1.807) is 31.4 Å². The van der Waals surface area contributed by atoms with Crippen LogP contribution in [0.4, 0.5) is 0 Å². The number of aromatic hydroxyl groups is 1. The Bertz CT molecular complexity index is 299. The summed E-state index contributed by atoms with van der Waals surface area (Å²) in [5.74, 6) is 0.944. The molecule has 0 aliphatic heterocycles. The molecule has 1 N–H and O–H groups in total. The summed E-state index contributed by atoms with van der Waals surface area (Å²) in [4.78, 5) is 0. The van der Waals surface area contributed by atoms with Gasteiger partial charge in [0.05, 0.1) is 33.0 Å². The van der Waals surface area contributed by atoms with Crippen molar-refractivity contribution in [2.75, 3.05) is 46.8 Å². The van der Waals surface area contributed by atoms with Crippen LogP contribution in [0, 0.1) is 0 Å². The molecule has 0 aliphatic carbocycles. The van der Waals surface area contributed by atoms with E-state index in [0.717, 1.165) is 0 Å². The monoisotopic (exact) mass is 256 g/mol. The van der Waals surface area contributed by atoms with Crippen LogP contribution in [0.5, 0.6) is 11.5 Å². The van der Waals surface area contributed by atoms with Gasteiger partial charge < -0.3 is 24.1 Å². The zero-order chi connectivity index (χ0) is 13.1. The second kappa shape index (κ2) is 9.70. The molecule has 0 heterocycles. The normalized spacial score (nSPS) is 10.5. The topological polar surface area (TPSA) is 57.2 Å². The third-order valence-corrected chi connectivity index (χ3v) is 2.14. The summed E-state index contributed by atoms with van der Waals surface area (Å²) in [5.41, 5.74) is 0. The first-order valence-electron chi connectivity index (χ1n) is 5.89. The standard InChI is InChI=1S/C13H20O5/c1-15-6-7-16-8-9-17-10-11-18-13-4-2-12(14)3-5-13/h2-5,14H,6-11H2,1H3. The summed E-state index contributed by atoms with van der Waals surface area (Å²) in [5, 5.41) is 9.08. The SMILES string of the molecule is COCCOCCOCCOc1ccc(O)cc1. The van der Waals surface area contributed by atoms with Gasteiger partial charge in [0.2, 0.25) is 0 Å². The Morgan fingerprint density at radius 1 is 0.833 bits per heavy atom. The summed E-state index contributed by atoms with van der Waals surface area (Å²) >= 11 is 0. The maximum absolute atomic E-state index is 9.08. The number of hydrogen-bond donors (Lipinski definition) is 1. The fraction of sp³-hybridized carbons (Fsp3) is 0.538. The largest absolute Gasteiger partial charge is 0.508 e. The number of hydrogen-bond acceptors (Lipinski definition) is 5. The van der Waals surface area contributed by atoms with Crippen LogP contribution in [-0.4, -0.2) is 51.9 Å². The van der Waals surface area contributed by atoms with Crippen molar-refractivity contribution in [1.29, 1.82) is 0 Å². The average Bonchev–Trinajstić information content (AvgIpc) is 2.39. The second-order valence-electron chi connectivity index (χ2n) is 3.56. The van der Waals surface area contributed by atoms with Gasteiger partial charge in [-0.3, -0.25) is 0 Å². The lowest BCUT2D eigenvalue weighted by molar-refractivity contribution is 0.0179. The van der Waals surface area contributed by atoms with Crippen molar-refractivity contribution in [2.24, 2.45) is 0 Å². The third-order valence-electron chi connectivity index (χ3n) is 2.14. The van der Waals surface area contributed by atoms with Crippen molar-refractivity contribution in [3.05, 3.63) is 24.3 Å². The van der Waals surface area contributed by atoms with Gasteiger partial charge in [-0.25, -0.2) is 0 Å². The van der Waals surface area contributed by atoms with Crippen LogP contribution >= 0.6 is 0 Å². The molecular weight excluding hydrogens is 236 g/mol. The Balaban J connectivity index is 1.91. The molecule has 0 bridgehead atoms. The molecular formula is C13H20O5. The van der Waals surface area contributed by atoms with E-state index in [0.29, 0.717) is 45.4 Å². The Kier molecular flexibility index (Phi) is 7.96. The van der Waals surface area contributed by atoms with E-state index in [2.05, 4.69) is 0 Å². The molecule has 0 aliphatic rings. The van der Waals surface area contributed by atoms with Gasteiger partial charge in [0.1, 0.15) is 18.1 Å².